The lowest BCUT2D eigenvalue weighted by Gasteiger charge is -2.37. The second-order valence-electron chi connectivity index (χ2n) is 6.96. The second kappa shape index (κ2) is 7.90. The molecule has 0 saturated carbocycles. The molecule has 1 aromatic heterocycles. The fourth-order valence-electron chi connectivity index (χ4n) is 3.56. The summed E-state index contributed by atoms with van der Waals surface area (Å²) in [6.07, 6.45) is 1.37. The van der Waals surface area contributed by atoms with Crippen LogP contribution in [0.5, 0.6) is 0 Å². The zero-order valence-corrected chi connectivity index (χ0v) is 15.3. The minimum atomic E-state index is -0.361. The number of carbonyl (C=O) groups is 2. The first-order chi connectivity index (χ1) is 12.5. The van der Waals surface area contributed by atoms with Gasteiger partial charge in [0.05, 0.1) is 13.2 Å². The molecule has 0 bridgehead atoms. The smallest absolute Gasteiger partial charge is 0.320 e. The highest BCUT2D eigenvalue weighted by atomic mass is 16.5. The molecule has 1 aromatic rings. The van der Waals surface area contributed by atoms with Crippen LogP contribution < -0.4 is 10.9 Å². The highest BCUT2D eigenvalue weighted by Gasteiger charge is 2.28. The van der Waals surface area contributed by atoms with E-state index in [2.05, 4.69) is 10.3 Å². The highest BCUT2D eigenvalue weighted by Crippen LogP contribution is 2.14. The summed E-state index contributed by atoms with van der Waals surface area (Å²) in [7, 11) is 0. The molecule has 3 rings (SSSR count). The Kier molecular flexibility index (Phi) is 5.61. The number of pyridine rings is 1. The largest absolute Gasteiger partial charge is 0.378 e. The zero-order valence-electron chi connectivity index (χ0n) is 15.3. The third-order valence-corrected chi connectivity index (χ3v) is 4.97. The summed E-state index contributed by atoms with van der Waals surface area (Å²) >= 11 is 0. The van der Waals surface area contributed by atoms with Crippen LogP contribution in [-0.4, -0.2) is 72.2 Å². The number of aryl methyl sites for hydroxylation is 2. The third-order valence-electron chi connectivity index (χ3n) is 4.97. The molecule has 26 heavy (non-hydrogen) atoms. The van der Waals surface area contributed by atoms with E-state index in [4.69, 9.17) is 4.74 Å². The number of rotatable bonds is 2. The van der Waals surface area contributed by atoms with Crippen molar-refractivity contribution in [1.29, 1.82) is 0 Å². The number of carbonyl (C=O) groups excluding carboxylic acids is 2. The van der Waals surface area contributed by atoms with E-state index < -0.39 is 0 Å². The maximum atomic E-state index is 12.5. The molecule has 2 fully saturated rings. The molecule has 142 valence electrons. The van der Waals surface area contributed by atoms with E-state index in [1.807, 2.05) is 9.80 Å². The average Bonchev–Trinajstić information content (AvgIpc) is 2.61. The normalized spacial score (nSPS) is 18.7. The molecule has 3 heterocycles. The minimum absolute atomic E-state index is 0.0312. The molecule has 0 unspecified atom stereocenters. The van der Waals surface area contributed by atoms with Crippen LogP contribution >= 0.6 is 0 Å². The van der Waals surface area contributed by atoms with E-state index in [0.29, 0.717) is 57.8 Å². The molecule has 0 aromatic carbocycles. The number of hydrogen-bond acceptors (Lipinski definition) is 4. The van der Waals surface area contributed by atoms with Gasteiger partial charge in [-0.15, -0.1) is 0 Å². The number of H-pyrrole nitrogens is 1. The molecule has 3 amide bonds. The first-order valence-electron chi connectivity index (χ1n) is 9.08. The maximum absolute atomic E-state index is 12.5. The van der Waals surface area contributed by atoms with Gasteiger partial charge in [0.1, 0.15) is 5.56 Å². The predicted molar refractivity (Wildman–Crippen MR) is 96.4 cm³/mol. The summed E-state index contributed by atoms with van der Waals surface area (Å²) in [5, 5.41) is 2.94. The minimum Gasteiger partial charge on any atom is -0.378 e. The van der Waals surface area contributed by atoms with Gasteiger partial charge in [-0.05, 0) is 38.3 Å². The van der Waals surface area contributed by atoms with Gasteiger partial charge >= 0.3 is 6.03 Å². The summed E-state index contributed by atoms with van der Waals surface area (Å²) in [4.78, 5) is 43.4. The zero-order chi connectivity index (χ0) is 18.7. The van der Waals surface area contributed by atoms with Gasteiger partial charge in [0.25, 0.3) is 11.5 Å². The van der Waals surface area contributed by atoms with Crippen molar-refractivity contribution >= 4 is 11.9 Å². The molecule has 2 aliphatic rings. The summed E-state index contributed by atoms with van der Waals surface area (Å²) in [6, 6.07) is 1.81. The Bertz CT molecular complexity index is 731. The summed E-state index contributed by atoms with van der Waals surface area (Å²) < 4.78 is 5.28. The third kappa shape index (κ3) is 4.07. The van der Waals surface area contributed by atoms with Gasteiger partial charge in [-0.3, -0.25) is 9.59 Å². The highest BCUT2D eigenvalue weighted by molar-refractivity contribution is 5.95. The first-order valence-corrected chi connectivity index (χ1v) is 9.08. The van der Waals surface area contributed by atoms with Crippen LogP contribution in [-0.2, 0) is 4.74 Å². The molecular weight excluding hydrogens is 336 g/mol. The van der Waals surface area contributed by atoms with E-state index in [-0.39, 0.29) is 29.1 Å². The number of aromatic nitrogens is 1. The van der Waals surface area contributed by atoms with Crippen LogP contribution in [0.4, 0.5) is 4.79 Å². The number of amides is 3. The Morgan fingerprint density at radius 3 is 2.35 bits per heavy atom. The number of nitrogens with one attached hydrogen (secondary N) is 2. The number of morpholine rings is 1. The number of urea groups is 1. The van der Waals surface area contributed by atoms with Crippen LogP contribution in [0.3, 0.4) is 0 Å². The lowest BCUT2D eigenvalue weighted by molar-refractivity contribution is 0.0407. The van der Waals surface area contributed by atoms with Gasteiger partial charge in [0.15, 0.2) is 0 Å². The fourth-order valence-corrected chi connectivity index (χ4v) is 3.56. The Morgan fingerprint density at radius 2 is 1.73 bits per heavy atom. The van der Waals surface area contributed by atoms with E-state index >= 15 is 0 Å². The van der Waals surface area contributed by atoms with Crippen LogP contribution in [0.2, 0.25) is 0 Å². The van der Waals surface area contributed by atoms with Crippen LogP contribution in [0.25, 0.3) is 0 Å². The number of nitrogens with zero attached hydrogens (tertiary/aromatic N) is 2. The van der Waals surface area contributed by atoms with E-state index in [9.17, 15) is 14.4 Å². The summed E-state index contributed by atoms with van der Waals surface area (Å²) in [6.45, 7) is 7.19. The topological polar surface area (TPSA) is 94.7 Å². The monoisotopic (exact) mass is 362 g/mol. The molecule has 0 spiro atoms. The van der Waals surface area contributed by atoms with Crippen LogP contribution in [0.1, 0.15) is 34.5 Å². The quantitative estimate of drug-likeness (QED) is 0.807. The Hall–Kier alpha value is -2.35. The van der Waals surface area contributed by atoms with Crippen LogP contribution in [0.15, 0.2) is 10.9 Å². The molecule has 8 heteroatoms. The standard InChI is InChI=1S/C18H26N4O4/c1-12-11-13(2)19-16(23)15(12)17(24)20-14-3-5-21(6-4-14)18(25)22-7-9-26-10-8-22/h11,14H,3-10H2,1-2H3,(H,19,23)(H,20,24). The van der Waals surface area contributed by atoms with Crippen molar-refractivity contribution in [3.63, 3.8) is 0 Å². The molecule has 0 atom stereocenters. The van der Waals surface area contributed by atoms with Crippen molar-refractivity contribution in [2.45, 2.75) is 32.7 Å². The van der Waals surface area contributed by atoms with Crippen molar-refractivity contribution in [3.8, 4) is 0 Å². The van der Waals surface area contributed by atoms with Crippen molar-refractivity contribution < 1.29 is 14.3 Å². The average molecular weight is 362 g/mol. The SMILES string of the molecule is Cc1cc(C)c(C(=O)NC2CCN(C(=O)N3CCOCC3)CC2)c(=O)[nH]1. The lowest BCUT2D eigenvalue weighted by Crippen LogP contribution is -2.53. The molecule has 0 radical (unpaired) electrons. The van der Waals surface area contributed by atoms with E-state index in [1.54, 1.807) is 19.9 Å². The molecule has 2 N–H and O–H groups in total. The van der Waals surface area contributed by atoms with Gasteiger partial charge in [-0.1, -0.05) is 0 Å². The van der Waals surface area contributed by atoms with E-state index in [0.717, 1.165) is 5.69 Å². The number of ether oxygens (including phenoxy) is 1. The lowest BCUT2D eigenvalue weighted by atomic mass is 10.0. The first kappa shape index (κ1) is 18.4. The van der Waals surface area contributed by atoms with Gasteiger partial charge in [-0.2, -0.15) is 0 Å². The van der Waals surface area contributed by atoms with Crippen LogP contribution in [0, 0.1) is 13.8 Å². The van der Waals surface area contributed by atoms with Crippen molar-refractivity contribution in [2.24, 2.45) is 0 Å². The Morgan fingerprint density at radius 1 is 1.12 bits per heavy atom. The van der Waals surface area contributed by atoms with Gasteiger partial charge in [0.2, 0.25) is 0 Å². The fraction of sp³-hybridized carbons (Fsp3) is 0.611. The van der Waals surface area contributed by atoms with Crippen molar-refractivity contribution in [2.75, 3.05) is 39.4 Å². The number of aromatic amines is 1. The number of piperidine rings is 1. The van der Waals surface area contributed by atoms with Gasteiger partial charge in [-0.25, -0.2) is 4.79 Å². The maximum Gasteiger partial charge on any atom is 0.320 e. The Labute approximate surface area is 152 Å². The van der Waals surface area contributed by atoms with Gasteiger partial charge in [0, 0.05) is 37.9 Å². The molecule has 8 nitrogen and oxygen atoms in total. The van der Waals surface area contributed by atoms with Crippen molar-refractivity contribution in [1.82, 2.24) is 20.1 Å². The molecule has 2 saturated heterocycles. The van der Waals surface area contributed by atoms with Gasteiger partial charge < -0.3 is 24.8 Å². The molecule has 2 aliphatic heterocycles. The molecular formula is C18H26N4O4. The number of likely N-dealkylation sites (tertiary alicyclic amines) is 1. The summed E-state index contributed by atoms with van der Waals surface area (Å²) in [5.41, 5.74) is 1.21. The summed E-state index contributed by atoms with van der Waals surface area (Å²) in [5.74, 6) is -0.346. The van der Waals surface area contributed by atoms with Crippen molar-refractivity contribution in [3.05, 3.63) is 33.2 Å². The number of hydrogen-bond donors (Lipinski definition) is 2. The molecule has 0 aliphatic carbocycles. The Balaban J connectivity index is 1.55. The predicted octanol–water partition coefficient (Wildman–Crippen LogP) is 0.638. The second-order valence-corrected chi connectivity index (χ2v) is 6.96. The van der Waals surface area contributed by atoms with E-state index in [1.165, 1.54) is 0 Å².